The molecule has 0 saturated carbocycles. The Morgan fingerprint density at radius 3 is 2.75 bits per heavy atom. The van der Waals surface area contributed by atoms with E-state index < -0.39 is 0 Å². The third-order valence-corrected chi connectivity index (χ3v) is 3.99. The molecule has 112 valence electrons. The van der Waals surface area contributed by atoms with Crippen molar-refractivity contribution >= 4 is 0 Å². The molecule has 1 saturated heterocycles. The number of nitrogens with zero attached hydrogens (tertiary/aromatic N) is 2. The predicted octanol–water partition coefficient (Wildman–Crippen LogP) is 1.84. The molecule has 1 aliphatic heterocycles. The van der Waals surface area contributed by atoms with Crippen molar-refractivity contribution in [1.29, 1.82) is 0 Å². The van der Waals surface area contributed by atoms with E-state index in [4.69, 9.17) is 0 Å². The molecule has 1 aromatic carbocycles. The Balaban J connectivity index is 1.67. The van der Waals surface area contributed by atoms with Crippen molar-refractivity contribution in [1.82, 2.24) is 15.1 Å². The lowest BCUT2D eigenvalue weighted by Gasteiger charge is -2.23. The van der Waals surface area contributed by atoms with Gasteiger partial charge in [-0.2, -0.15) is 0 Å². The highest BCUT2D eigenvalue weighted by atomic mass is 15.2. The number of hydrogen-bond donors (Lipinski definition) is 1. The van der Waals surface area contributed by atoms with Crippen LogP contribution in [0.15, 0.2) is 30.3 Å². The molecule has 1 N–H and O–H groups in total. The number of rotatable bonds is 7. The number of hydrogen-bond acceptors (Lipinski definition) is 3. The molecular formula is C17H29N3. The molecule has 0 radical (unpaired) electrons. The average Bonchev–Trinajstić information content (AvgIpc) is 2.84. The van der Waals surface area contributed by atoms with Crippen molar-refractivity contribution in [2.24, 2.45) is 0 Å². The Morgan fingerprint density at radius 2 is 2.05 bits per heavy atom. The molecule has 2 rings (SSSR count). The molecule has 3 heteroatoms. The molecule has 0 aromatic heterocycles. The fraction of sp³-hybridized carbons (Fsp3) is 0.647. The Labute approximate surface area is 124 Å². The summed E-state index contributed by atoms with van der Waals surface area (Å²) >= 11 is 0. The molecule has 0 bridgehead atoms. The number of nitrogens with one attached hydrogen (secondary N) is 1. The van der Waals surface area contributed by atoms with Gasteiger partial charge in [0.25, 0.3) is 0 Å². The molecule has 20 heavy (non-hydrogen) atoms. The molecule has 0 aliphatic carbocycles. The van der Waals surface area contributed by atoms with Crippen LogP contribution in [-0.2, 0) is 6.42 Å². The van der Waals surface area contributed by atoms with Gasteiger partial charge in [-0.3, -0.25) is 0 Å². The second kappa shape index (κ2) is 7.77. The molecule has 1 aromatic rings. The molecule has 2 unspecified atom stereocenters. The van der Waals surface area contributed by atoms with Crippen molar-refractivity contribution in [3.63, 3.8) is 0 Å². The van der Waals surface area contributed by atoms with Gasteiger partial charge in [-0.05, 0) is 46.0 Å². The van der Waals surface area contributed by atoms with Crippen molar-refractivity contribution in [2.45, 2.75) is 31.8 Å². The monoisotopic (exact) mass is 275 g/mol. The smallest absolute Gasteiger partial charge is 0.0210 e. The average molecular weight is 275 g/mol. The minimum absolute atomic E-state index is 0.573. The summed E-state index contributed by atoms with van der Waals surface area (Å²) in [5, 5.41) is 3.75. The molecule has 0 amide bonds. The maximum absolute atomic E-state index is 3.75. The third-order valence-electron chi connectivity index (χ3n) is 3.99. The van der Waals surface area contributed by atoms with Crippen molar-refractivity contribution in [3.05, 3.63) is 35.9 Å². The number of likely N-dealkylation sites (tertiary alicyclic amines) is 1. The lowest BCUT2D eigenvalue weighted by Crippen LogP contribution is -2.43. The van der Waals surface area contributed by atoms with E-state index in [2.05, 4.69) is 66.5 Å². The van der Waals surface area contributed by atoms with Gasteiger partial charge in [-0.15, -0.1) is 0 Å². The van der Waals surface area contributed by atoms with E-state index in [1.165, 1.54) is 38.0 Å². The highest BCUT2D eigenvalue weighted by Gasteiger charge is 2.23. The summed E-state index contributed by atoms with van der Waals surface area (Å²) in [6.07, 6.45) is 2.45. The van der Waals surface area contributed by atoms with Gasteiger partial charge in [0.2, 0.25) is 0 Å². The topological polar surface area (TPSA) is 18.5 Å². The summed E-state index contributed by atoms with van der Waals surface area (Å²) in [5.41, 5.74) is 1.45. The van der Waals surface area contributed by atoms with E-state index in [-0.39, 0.29) is 0 Å². The Morgan fingerprint density at radius 1 is 1.30 bits per heavy atom. The van der Waals surface area contributed by atoms with Gasteiger partial charge >= 0.3 is 0 Å². The number of benzene rings is 1. The largest absolute Gasteiger partial charge is 0.309 e. The van der Waals surface area contributed by atoms with Gasteiger partial charge in [0.05, 0.1) is 0 Å². The first kappa shape index (κ1) is 15.5. The third kappa shape index (κ3) is 5.23. The van der Waals surface area contributed by atoms with Gasteiger partial charge in [0, 0.05) is 31.7 Å². The molecule has 2 atom stereocenters. The standard InChI is InChI=1S/C17H29N3/c1-15(13-19(2)3)18-17-10-12-20(14-17)11-9-16-7-5-4-6-8-16/h4-8,15,17-18H,9-14H2,1-3H3. The van der Waals surface area contributed by atoms with E-state index in [0.29, 0.717) is 12.1 Å². The van der Waals surface area contributed by atoms with E-state index in [1.54, 1.807) is 0 Å². The minimum Gasteiger partial charge on any atom is -0.309 e. The first-order valence-corrected chi connectivity index (χ1v) is 7.80. The molecule has 1 aliphatic rings. The fourth-order valence-corrected chi connectivity index (χ4v) is 3.11. The van der Waals surface area contributed by atoms with Crippen LogP contribution in [0, 0.1) is 0 Å². The summed E-state index contributed by atoms with van der Waals surface area (Å²) in [7, 11) is 4.28. The van der Waals surface area contributed by atoms with Crippen LogP contribution in [0.5, 0.6) is 0 Å². The van der Waals surface area contributed by atoms with Crippen molar-refractivity contribution in [3.8, 4) is 0 Å². The lowest BCUT2D eigenvalue weighted by molar-refractivity contribution is 0.306. The van der Waals surface area contributed by atoms with E-state index in [0.717, 1.165) is 6.54 Å². The van der Waals surface area contributed by atoms with Crippen molar-refractivity contribution in [2.75, 3.05) is 40.3 Å². The van der Waals surface area contributed by atoms with Gasteiger partial charge in [0.15, 0.2) is 0 Å². The van der Waals surface area contributed by atoms with Gasteiger partial charge in [-0.1, -0.05) is 30.3 Å². The zero-order chi connectivity index (χ0) is 14.4. The molecule has 3 nitrogen and oxygen atoms in total. The highest BCUT2D eigenvalue weighted by Crippen LogP contribution is 2.11. The van der Waals surface area contributed by atoms with Crippen molar-refractivity contribution < 1.29 is 0 Å². The van der Waals surface area contributed by atoms with Crippen LogP contribution in [0.3, 0.4) is 0 Å². The van der Waals surface area contributed by atoms with Crippen LogP contribution < -0.4 is 5.32 Å². The predicted molar refractivity (Wildman–Crippen MR) is 86.1 cm³/mol. The van der Waals surface area contributed by atoms with Crippen LogP contribution >= 0.6 is 0 Å². The van der Waals surface area contributed by atoms with E-state index >= 15 is 0 Å². The molecule has 1 fully saturated rings. The summed E-state index contributed by atoms with van der Waals surface area (Å²) in [4.78, 5) is 4.84. The second-order valence-corrected chi connectivity index (χ2v) is 6.35. The maximum atomic E-state index is 3.75. The molecule has 0 spiro atoms. The van der Waals surface area contributed by atoms with Crippen LogP contribution in [0.1, 0.15) is 18.9 Å². The Bertz CT molecular complexity index is 377. The number of likely N-dealkylation sites (N-methyl/N-ethyl adjacent to an activating group) is 1. The van der Waals surface area contributed by atoms with Gasteiger partial charge < -0.3 is 15.1 Å². The van der Waals surface area contributed by atoms with Crippen LogP contribution in [0.2, 0.25) is 0 Å². The minimum atomic E-state index is 0.573. The zero-order valence-corrected chi connectivity index (χ0v) is 13.2. The molecule has 1 heterocycles. The van der Waals surface area contributed by atoms with E-state index in [1.807, 2.05) is 0 Å². The van der Waals surface area contributed by atoms with Crippen LogP contribution in [0.4, 0.5) is 0 Å². The summed E-state index contributed by atoms with van der Waals surface area (Å²) < 4.78 is 0. The SMILES string of the molecule is CC(CN(C)C)NC1CCN(CCc2ccccc2)C1. The summed E-state index contributed by atoms with van der Waals surface area (Å²) in [5.74, 6) is 0. The molecular weight excluding hydrogens is 246 g/mol. The van der Waals surface area contributed by atoms with E-state index in [9.17, 15) is 0 Å². The highest BCUT2D eigenvalue weighted by molar-refractivity contribution is 5.14. The Kier molecular flexibility index (Phi) is 6.02. The maximum Gasteiger partial charge on any atom is 0.0210 e. The van der Waals surface area contributed by atoms with Gasteiger partial charge in [-0.25, -0.2) is 0 Å². The first-order valence-electron chi connectivity index (χ1n) is 7.80. The van der Waals surface area contributed by atoms with Gasteiger partial charge in [0.1, 0.15) is 0 Å². The second-order valence-electron chi connectivity index (χ2n) is 6.35. The normalized spacial score (nSPS) is 21.5. The fourth-order valence-electron chi connectivity index (χ4n) is 3.11. The zero-order valence-electron chi connectivity index (χ0n) is 13.2. The van der Waals surface area contributed by atoms with Crippen LogP contribution in [-0.4, -0.2) is 62.2 Å². The van der Waals surface area contributed by atoms with Crippen LogP contribution in [0.25, 0.3) is 0 Å². The quantitative estimate of drug-likeness (QED) is 0.819. The summed E-state index contributed by atoms with van der Waals surface area (Å²) in [6.45, 7) is 7.02. The lowest BCUT2D eigenvalue weighted by atomic mass is 10.1. The summed E-state index contributed by atoms with van der Waals surface area (Å²) in [6, 6.07) is 12.0. The Hall–Kier alpha value is -0.900. The first-order chi connectivity index (χ1) is 9.63.